The van der Waals surface area contributed by atoms with Crippen LogP contribution in [0.1, 0.15) is 17.3 Å². The lowest BCUT2D eigenvalue weighted by Crippen LogP contribution is -2.34. The second kappa shape index (κ2) is 8.22. The third-order valence-corrected chi connectivity index (χ3v) is 3.84. The molecule has 8 nitrogen and oxygen atoms in total. The summed E-state index contributed by atoms with van der Waals surface area (Å²) in [5.74, 6) is 1.67. The predicted octanol–water partition coefficient (Wildman–Crippen LogP) is 3.70. The number of hydrogen-bond donors (Lipinski definition) is 0. The number of para-hydroxylation sites is 2. The Bertz CT molecular complexity index is 916. The smallest absolute Gasteiger partial charge is 0.310 e. The summed E-state index contributed by atoms with van der Waals surface area (Å²) in [4.78, 5) is 24.7. The van der Waals surface area contributed by atoms with Gasteiger partial charge in [0.25, 0.3) is 5.91 Å². The van der Waals surface area contributed by atoms with Crippen LogP contribution in [0.25, 0.3) is 0 Å². The van der Waals surface area contributed by atoms with Crippen molar-refractivity contribution in [3.05, 3.63) is 82.2 Å². The Hall–Kier alpha value is -3.55. The molecule has 0 bridgehead atoms. The molecule has 0 aliphatic rings. The Labute approximate surface area is 155 Å². The average Bonchev–Trinajstić information content (AvgIpc) is 3.31. The van der Waals surface area contributed by atoms with Crippen LogP contribution in [0.2, 0.25) is 0 Å². The topological polar surface area (TPSA) is 99.0 Å². The minimum absolute atomic E-state index is 0.0441. The van der Waals surface area contributed by atoms with Crippen molar-refractivity contribution in [2.24, 2.45) is 0 Å². The lowest BCUT2D eigenvalue weighted by atomic mass is 10.3. The van der Waals surface area contributed by atoms with Gasteiger partial charge in [0, 0.05) is 6.07 Å². The first-order valence-corrected chi connectivity index (χ1v) is 8.24. The summed E-state index contributed by atoms with van der Waals surface area (Å²) in [5.41, 5.74) is -0.190. The van der Waals surface area contributed by atoms with Crippen LogP contribution in [-0.4, -0.2) is 22.3 Å². The minimum Gasteiger partial charge on any atom is -0.477 e. The number of furan rings is 2. The monoisotopic (exact) mass is 370 g/mol. The van der Waals surface area contributed by atoms with E-state index in [0.717, 1.165) is 5.76 Å². The standard InChI is InChI=1S/C19H18N2O6/c1-14-8-9-16(27-14)12-20(11-15-5-4-10-25-15)19(22)13-26-18-7-3-2-6-17(18)21(23)24/h2-10H,11-13H2,1H3. The lowest BCUT2D eigenvalue weighted by Gasteiger charge is -2.20. The number of rotatable bonds is 8. The molecular weight excluding hydrogens is 352 g/mol. The van der Waals surface area contributed by atoms with Crippen molar-refractivity contribution in [2.45, 2.75) is 20.0 Å². The summed E-state index contributed by atoms with van der Waals surface area (Å²) in [6, 6.07) is 13.0. The quantitative estimate of drug-likeness (QED) is 0.443. The van der Waals surface area contributed by atoms with Gasteiger partial charge < -0.3 is 18.5 Å². The maximum absolute atomic E-state index is 12.7. The van der Waals surface area contributed by atoms with Crippen molar-refractivity contribution in [3.63, 3.8) is 0 Å². The molecule has 0 unspecified atom stereocenters. The van der Waals surface area contributed by atoms with Gasteiger partial charge in [0.15, 0.2) is 12.4 Å². The van der Waals surface area contributed by atoms with E-state index < -0.39 is 4.92 Å². The molecule has 0 N–H and O–H groups in total. The van der Waals surface area contributed by atoms with Crippen LogP contribution in [0.3, 0.4) is 0 Å². The van der Waals surface area contributed by atoms with E-state index in [1.54, 1.807) is 24.3 Å². The van der Waals surface area contributed by atoms with E-state index in [-0.39, 0.29) is 37.0 Å². The first-order valence-electron chi connectivity index (χ1n) is 8.24. The highest BCUT2D eigenvalue weighted by molar-refractivity contribution is 5.77. The van der Waals surface area contributed by atoms with Gasteiger partial charge >= 0.3 is 5.69 Å². The van der Waals surface area contributed by atoms with Gasteiger partial charge in [-0.05, 0) is 37.3 Å². The van der Waals surface area contributed by atoms with E-state index >= 15 is 0 Å². The second-order valence-electron chi connectivity index (χ2n) is 5.86. The number of ether oxygens (including phenoxy) is 1. The molecule has 2 heterocycles. The van der Waals surface area contributed by atoms with Crippen LogP contribution in [-0.2, 0) is 17.9 Å². The summed E-state index contributed by atoms with van der Waals surface area (Å²) in [6.07, 6.45) is 1.53. The zero-order chi connectivity index (χ0) is 19.2. The molecule has 0 saturated carbocycles. The number of nitro groups is 1. The highest BCUT2D eigenvalue weighted by Crippen LogP contribution is 2.26. The van der Waals surface area contributed by atoms with Crippen LogP contribution < -0.4 is 4.74 Å². The summed E-state index contributed by atoms with van der Waals surface area (Å²) >= 11 is 0. The van der Waals surface area contributed by atoms with E-state index in [1.165, 1.54) is 29.4 Å². The Morgan fingerprint density at radius 2 is 1.89 bits per heavy atom. The lowest BCUT2D eigenvalue weighted by molar-refractivity contribution is -0.385. The molecule has 0 aliphatic carbocycles. The third kappa shape index (κ3) is 4.75. The highest BCUT2D eigenvalue weighted by atomic mass is 16.6. The van der Waals surface area contributed by atoms with Crippen molar-refractivity contribution in [1.82, 2.24) is 4.90 Å². The van der Waals surface area contributed by atoms with Gasteiger partial charge in [-0.2, -0.15) is 0 Å². The fourth-order valence-electron chi connectivity index (χ4n) is 2.54. The van der Waals surface area contributed by atoms with Gasteiger partial charge in [-0.25, -0.2) is 0 Å². The Morgan fingerprint density at radius 3 is 2.56 bits per heavy atom. The van der Waals surface area contributed by atoms with E-state index in [0.29, 0.717) is 11.5 Å². The van der Waals surface area contributed by atoms with Crippen LogP contribution in [0.5, 0.6) is 5.75 Å². The molecule has 0 aliphatic heterocycles. The normalized spacial score (nSPS) is 10.6. The van der Waals surface area contributed by atoms with Crippen molar-refractivity contribution in [3.8, 4) is 5.75 Å². The molecule has 0 atom stereocenters. The average molecular weight is 370 g/mol. The molecule has 1 amide bonds. The van der Waals surface area contributed by atoms with E-state index in [2.05, 4.69) is 0 Å². The van der Waals surface area contributed by atoms with Crippen molar-refractivity contribution < 1.29 is 23.3 Å². The zero-order valence-corrected chi connectivity index (χ0v) is 14.7. The fraction of sp³-hybridized carbons (Fsp3) is 0.211. The van der Waals surface area contributed by atoms with Crippen LogP contribution in [0, 0.1) is 17.0 Å². The number of amides is 1. The van der Waals surface area contributed by atoms with Crippen molar-refractivity contribution >= 4 is 11.6 Å². The number of nitro benzene ring substituents is 1. The first-order chi connectivity index (χ1) is 13.0. The van der Waals surface area contributed by atoms with Crippen LogP contribution in [0.4, 0.5) is 5.69 Å². The molecule has 0 radical (unpaired) electrons. The molecule has 2 aromatic heterocycles. The van der Waals surface area contributed by atoms with E-state index in [4.69, 9.17) is 13.6 Å². The Kier molecular flexibility index (Phi) is 5.55. The molecule has 3 aromatic rings. The molecule has 3 rings (SSSR count). The van der Waals surface area contributed by atoms with E-state index in [1.807, 2.05) is 13.0 Å². The minimum atomic E-state index is -0.550. The molecule has 1 aromatic carbocycles. The maximum Gasteiger partial charge on any atom is 0.310 e. The van der Waals surface area contributed by atoms with Crippen molar-refractivity contribution in [2.75, 3.05) is 6.61 Å². The summed E-state index contributed by atoms with van der Waals surface area (Å²) in [7, 11) is 0. The summed E-state index contributed by atoms with van der Waals surface area (Å²) in [6.45, 7) is 1.94. The molecule has 0 fully saturated rings. The summed E-state index contributed by atoms with van der Waals surface area (Å²) < 4.78 is 16.3. The SMILES string of the molecule is Cc1ccc(CN(Cc2ccco2)C(=O)COc2ccccc2[N+](=O)[O-])o1. The van der Waals surface area contributed by atoms with Crippen LogP contribution >= 0.6 is 0 Å². The number of nitrogens with zero attached hydrogens (tertiary/aromatic N) is 2. The molecular formula is C19H18N2O6. The molecule has 8 heteroatoms. The van der Waals surface area contributed by atoms with Gasteiger partial charge in [0.1, 0.15) is 17.3 Å². The van der Waals surface area contributed by atoms with Gasteiger partial charge in [-0.3, -0.25) is 14.9 Å². The molecule has 27 heavy (non-hydrogen) atoms. The Morgan fingerprint density at radius 1 is 1.11 bits per heavy atom. The number of carbonyl (C=O) groups excluding carboxylic acids is 1. The second-order valence-corrected chi connectivity index (χ2v) is 5.86. The largest absolute Gasteiger partial charge is 0.477 e. The molecule has 140 valence electrons. The third-order valence-electron chi connectivity index (χ3n) is 3.84. The predicted molar refractivity (Wildman–Crippen MR) is 95.0 cm³/mol. The number of aryl methyl sites for hydroxylation is 1. The summed E-state index contributed by atoms with van der Waals surface area (Å²) in [5, 5.41) is 11.1. The fourth-order valence-corrected chi connectivity index (χ4v) is 2.54. The number of carbonyl (C=O) groups is 1. The number of hydrogen-bond acceptors (Lipinski definition) is 6. The number of benzene rings is 1. The van der Waals surface area contributed by atoms with Gasteiger partial charge in [0.2, 0.25) is 0 Å². The first kappa shape index (κ1) is 18.2. The van der Waals surface area contributed by atoms with E-state index in [9.17, 15) is 14.9 Å². The zero-order valence-electron chi connectivity index (χ0n) is 14.7. The van der Waals surface area contributed by atoms with Crippen LogP contribution in [0.15, 0.2) is 63.6 Å². The molecule has 0 saturated heterocycles. The molecule has 0 spiro atoms. The van der Waals surface area contributed by atoms with Gasteiger partial charge in [-0.15, -0.1) is 0 Å². The Balaban J connectivity index is 1.71. The maximum atomic E-state index is 12.7. The highest BCUT2D eigenvalue weighted by Gasteiger charge is 2.20. The van der Waals surface area contributed by atoms with Crippen molar-refractivity contribution in [1.29, 1.82) is 0 Å². The van der Waals surface area contributed by atoms with Gasteiger partial charge in [0.05, 0.1) is 24.3 Å². The van der Waals surface area contributed by atoms with Gasteiger partial charge in [-0.1, -0.05) is 12.1 Å².